The van der Waals surface area contributed by atoms with E-state index >= 15 is 0 Å². The summed E-state index contributed by atoms with van der Waals surface area (Å²) in [4.78, 5) is 31.3. The lowest BCUT2D eigenvalue weighted by Gasteiger charge is -2.35. The number of hydrogen-bond acceptors (Lipinski definition) is 6. The second kappa shape index (κ2) is 8.27. The zero-order valence-corrected chi connectivity index (χ0v) is 16.1. The minimum atomic E-state index is -4.53. The smallest absolute Gasteiger partial charge is 0.417 e. The van der Waals surface area contributed by atoms with Crippen LogP contribution in [0.3, 0.4) is 0 Å². The van der Waals surface area contributed by atoms with E-state index in [0.717, 1.165) is 16.8 Å². The zero-order chi connectivity index (χ0) is 21.2. The molecule has 8 nitrogen and oxygen atoms in total. The molecule has 0 spiro atoms. The van der Waals surface area contributed by atoms with Crippen LogP contribution in [0.4, 0.5) is 23.7 Å². The van der Waals surface area contributed by atoms with Gasteiger partial charge in [-0.1, -0.05) is 11.6 Å². The Hall–Kier alpha value is -2.82. The third kappa shape index (κ3) is 4.44. The fraction of sp³-hybridized carbons (Fsp3) is 0.412. The van der Waals surface area contributed by atoms with Crippen molar-refractivity contribution in [3.05, 3.63) is 45.5 Å². The van der Waals surface area contributed by atoms with Crippen LogP contribution in [0.2, 0.25) is 5.02 Å². The molecule has 1 saturated heterocycles. The van der Waals surface area contributed by atoms with Crippen LogP contribution in [-0.2, 0) is 10.9 Å². The molecular formula is C17H17ClF3N5O3. The van der Waals surface area contributed by atoms with Crippen LogP contribution in [0.25, 0.3) is 5.82 Å². The Balaban J connectivity index is 1.79. The topological polar surface area (TPSA) is 80.6 Å². The summed E-state index contributed by atoms with van der Waals surface area (Å²) < 4.78 is 43.8. The zero-order valence-electron chi connectivity index (χ0n) is 15.3. The first-order valence-corrected chi connectivity index (χ1v) is 9.08. The van der Waals surface area contributed by atoms with Crippen LogP contribution in [0.1, 0.15) is 12.5 Å². The molecule has 3 rings (SSSR count). The Morgan fingerprint density at radius 2 is 1.90 bits per heavy atom. The third-order valence-corrected chi connectivity index (χ3v) is 4.69. The summed E-state index contributed by atoms with van der Waals surface area (Å²) in [6, 6.07) is 1.86. The lowest BCUT2D eigenvalue weighted by atomic mass is 10.3. The number of nitrogens with zero attached hydrogens (tertiary/aromatic N) is 5. The molecule has 0 unspecified atom stereocenters. The van der Waals surface area contributed by atoms with Gasteiger partial charge in [-0.15, -0.1) is 0 Å². The highest BCUT2D eigenvalue weighted by atomic mass is 35.5. The second-order valence-electron chi connectivity index (χ2n) is 6.14. The number of carbonyl (C=O) groups is 1. The molecule has 2 aromatic heterocycles. The van der Waals surface area contributed by atoms with E-state index < -0.39 is 23.4 Å². The van der Waals surface area contributed by atoms with Crippen molar-refractivity contribution in [1.29, 1.82) is 0 Å². The van der Waals surface area contributed by atoms with Crippen molar-refractivity contribution in [2.24, 2.45) is 0 Å². The van der Waals surface area contributed by atoms with Crippen molar-refractivity contribution >= 4 is 23.4 Å². The van der Waals surface area contributed by atoms with Crippen LogP contribution in [0, 0.1) is 0 Å². The number of piperazine rings is 1. The molecule has 0 N–H and O–H groups in total. The van der Waals surface area contributed by atoms with Gasteiger partial charge in [0.1, 0.15) is 5.02 Å². The van der Waals surface area contributed by atoms with Gasteiger partial charge in [-0.2, -0.15) is 23.0 Å². The molecule has 0 atom stereocenters. The van der Waals surface area contributed by atoms with Gasteiger partial charge in [0.2, 0.25) is 0 Å². The van der Waals surface area contributed by atoms with Crippen molar-refractivity contribution in [3.63, 3.8) is 0 Å². The van der Waals surface area contributed by atoms with Gasteiger partial charge in [0.25, 0.3) is 5.56 Å². The van der Waals surface area contributed by atoms with Gasteiger partial charge in [0, 0.05) is 32.4 Å². The summed E-state index contributed by atoms with van der Waals surface area (Å²) in [6.45, 7) is 3.62. The lowest BCUT2D eigenvalue weighted by molar-refractivity contribution is -0.137. The average Bonchev–Trinajstić information content (AvgIpc) is 2.70. The van der Waals surface area contributed by atoms with Gasteiger partial charge in [-0.05, 0) is 19.1 Å². The quantitative estimate of drug-likeness (QED) is 0.743. The molecule has 0 bridgehead atoms. The van der Waals surface area contributed by atoms with E-state index in [1.54, 1.807) is 16.7 Å². The lowest BCUT2D eigenvalue weighted by Crippen LogP contribution is -2.49. The van der Waals surface area contributed by atoms with E-state index in [1.807, 2.05) is 0 Å². The van der Waals surface area contributed by atoms with Crippen LogP contribution in [0.15, 0.2) is 29.3 Å². The Kier molecular flexibility index (Phi) is 5.96. The highest BCUT2D eigenvalue weighted by Gasteiger charge is 2.31. The highest BCUT2D eigenvalue weighted by Crippen LogP contribution is 2.29. The van der Waals surface area contributed by atoms with Crippen molar-refractivity contribution < 1.29 is 22.7 Å². The minimum Gasteiger partial charge on any atom is -0.450 e. The van der Waals surface area contributed by atoms with Gasteiger partial charge in [0.15, 0.2) is 5.82 Å². The normalized spacial score (nSPS) is 14.8. The van der Waals surface area contributed by atoms with Crippen LogP contribution >= 0.6 is 11.6 Å². The number of amides is 1. The molecule has 0 aromatic carbocycles. The fourth-order valence-electron chi connectivity index (χ4n) is 2.83. The van der Waals surface area contributed by atoms with E-state index in [0.29, 0.717) is 38.1 Å². The summed E-state index contributed by atoms with van der Waals surface area (Å²) in [5.41, 5.74) is -1.26. The Labute approximate surface area is 168 Å². The fourth-order valence-corrected chi connectivity index (χ4v) is 3.08. The maximum Gasteiger partial charge on any atom is 0.417 e. The Morgan fingerprint density at radius 3 is 2.45 bits per heavy atom. The maximum absolute atomic E-state index is 12.7. The van der Waals surface area contributed by atoms with E-state index in [1.165, 1.54) is 6.20 Å². The number of rotatable bonds is 3. The number of hydrogen-bond donors (Lipinski definition) is 0. The SMILES string of the molecule is CCOC(=O)N1CCN(c2cnn(-c3ccc(C(F)(F)F)cn3)c(=O)c2Cl)CC1. The molecular weight excluding hydrogens is 415 g/mol. The van der Waals surface area contributed by atoms with Gasteiger partial charge >= 0.3 is 12.3 Å². The Bertz CT molecular complexity index is 941. The summed E-state index contributed by atoms with van der Waals surface area (Å²) in [6.07, 6.45) is -2.96. The van der Waals surface area contributed by atoms with Crippen molar-refractivity contribution in [3.8, 4) is 5.82 Å². The van der Waals surface area contributed by atoms with E-state index in [-0.39, 0.29) is 17.4 Å². The first-order chi connectivity index (χ1) is 13.7. The number of alkyl halides is 3. The molecule has 12 heteroatoms. The summed E-state index contributed by atoms with van der Waals surface area (Å²) in [5.74, 6) is -0.0800. The number of ether oxygens (including phenoxy) is 1. The summed E-state index contributed by atoms with van der Waals surface area (Å²) in [5, 5.41) is 3.86. The standard InChI is InChI=1S/C17H17ClF3N5O3/c1-2-29-16(28)25-7-5-24(6-8-25)12-10-23-26(15(27)14(12)18)13-4-3-11(9-22-13)17(19,20)21/h3-4,9-10H,2,5-8H2,1H3. The van der Waals surface area contributed by atoms with Gasteiger partial charge < -0.3 is 14.5 Å². The molecule has 1 aliphatic rings. The first kappa shape index (κ1) is 20.9. The predicted molar refractivity (Wildman–Crippen MR) is 98.4 cm³/mol. The monoisotopic (exact) mass is 431 g/mol. The molecule has 1 aliphatic heterocycles. The van der Waals surface area contributed by atoms with E-state index in [2.05, 4.69) is 10.1 Å². The van der Waals surface area contributed by atoms with Gasteiger partial charge in [0.05, 0.1) is 24.1 Å². The minimum absolute atomic E-state index is 0.0800. The predicted octanol–water partition coefficient (Wildman–Crippen LogP) is 2.58. The van der Waals surface area contributed by atoms with Crippen LogP contribution in [-0.4, -0.2) is 58.5 Å². The van der Waals surface area contributed by atoms with Crippen molar-refractivity contribution in [2.45, 2.75) is 13.1 Å². The molecule has 1 amide bonds. The van der Waals surface area contributed by atoms with Crippen molar-refractivity contribution in [1.82, 2.24) is 19.7 Å². The second-order valence-corrected chi connectivity index (χ2v) is 6.51. The average molecular weight is 432 g/mol. The molecule has 0 saturated carbocycles. The van der Waals surface area contributed by atoms with Gasteiger partial charge in [-0.3, -0.25) is 4.79 Å². The summed E-state index contributed by atoms with van der Waals surface area (Å²) in [7, 11) is 0. The number of aromatic nitrogens is 3. The first-order valence-electron chi connectivity index (χ1n) is 8.70. The third-order valence-electron chi connectivity index (χ3n) is 4.34. The van der Waals surface area contributed by atoms with Crippen LogP contribution < -0.4 is 10.5 Å². The van der Waals surface area contributed by atoms with E-state index in [4.69, 9.17) is 16.3 Å². The number of carbonyl (C=O) groups excluding carboxylic acids is 1. The van der Waals surface area contributed by atoms with Gasteiger partial charge in [-0.25, -0.2) is 9.78 Å². The molecule has 1 fully saturated rings. The number of halogens is 4. The summed E-state index contributed by atoms with van der Waals surface area (Å²) >= 11 is 6.21. The molecule has 0 aliphatic carbocycles. The van der Waals surface area contributed by atoms with E-state index in [9.17, 15) is 22.8 Å². The Morgan fingerprint density at radius 1 is 1.21 bits per heavy atom. The number of pyridine rings is 1. The molecule has 3 heterocycles. The van der Waals surface area contributed by atoms with Crippen LogP contribution in [0.5, 0.6) is 0 Å². The molecule has 0 radical (unpaired) electrons. The molecule has 29 heavy (non-hydrogen) atoms. The maximum atomic E-state index is 12.7. The molecule has 156 valence electrons. The molecule has 2 aromatic rings. The number of anilines is 1. The van der Waals surface area contributed by atoms with Crippen molar-refractivity contribution in [2.75, 3.05) is 37.7 Å². The largest absolute Gasteiger partial charge is 0.450 e. The highest BCUT2D eigenvalue weighted by molar-refractivity contribution is 6.33.